The summed E-state index contributed by atoms with van der Waals surface area (Å²) in [4.78, 5) is 5.06. The molecule has 0 N–H and O–H groups in total. The van der Waals surface area contributed by atoms with Crippen LogP contribution >= 0.6 is 0 Å². The zero-order chi connectivity index (χ0) is 44.7. The van der Waals surface area contributed by atoms with Crippen LogP contribution in [0.3, 0.4) is 0 Å². The summed E-state index contributed by atoms with van der Waals surface area (Å²) < 4.78 is 0. The number of hydrogen-bond donors (Lipinski definition) is 0. The molecule has 0 aromatic heterocycles. The lowest BCUT2D eigenvalue weighted by atomic mass is 9.81. The van der Waals surface area contributed by atoms with Gasteiger partial charge in [-0.3, -0.25) is 0 Å². The van der Waals surface area contributed by atoms with Crippen molar-refractivity contribution in [1.29, 1.82) is 0 Å². The Kier molecular flexibility index (Phi) is 9.02. The van der Waals surface area contributed by atoms with Crippen LogP contribution in [-0.4, -0.2) is 0 Å². The number of nitrogens with zero attached hydrogens (tertiary/aromatic N) is 2. The fourth-order valence-electron chi connectivity index (χ4n) is 12.0. The lowest BCUT2D eigenvalue weighted by molar-refractivity contribution is 0.857. The molecule has 14 rings (SSSR count). The molecule has 68 heavy (non-hydrogen) atoms. The Morgan fingerprint density at radius 2 is 0.926 bits per heavy atom. The van der Waals surface area contributed by atoms with Crippen LogP contribution in [0.2, 0.25) is 0 Å². The molecule has 0 spiro atoms. The van der Waals surface area contributed by atoms with Crippen LogP contribution in [0, 0.1) is 0 Å². The van der Waals surface area contributed by atoms with Crippen molar-refractivity contribution < 1.29 is 0 Å². The molecular weight excluding hydrogens is 821 g/mol. The molecule has 0 bridgehead atoms. The highest BCUT2D eigenvalue weighted by Crippen LogP contribution is 2.53. The Bertz CT molecular complexity index is 3830. The number of allylic oxidation sites excluding steroid dienone is 7. The molecule has 0 radical (unpaired) electrons. The van der Waals surface area contributed by atoms with Crippen molar-refractivity contribution in [2.45, 2.75) is 38.5 Å². The highest BCUT2D eigenvalue weighted by Gasteiger charge is 2.30. The first kappa shape index (κ1) is 39.0. The van der Waals surface area contributed by atoms with Crippen LogP contribution in [0.25, 0.3) is 70.9 Å². The van der Waals surface area contributed by atoms with Crippen molar-refractivity contribution in [1.82, 2.24) is 0 Å². The fourth-order valence-corrected chi connectivity index (χ4v) is 12.0. The van der Waals surface area contributed by atoms with Gasteiger partial charge in [0, 0.05) is 40.6 Å². The minimum atomic E-state index is 0.917. The van der Waals surface area contributed by atoms with Crippen LogP contribution in [-0.2, 0) is 12.8 Å². The van der Waals surface area contributed by atoms with Gasteiger partial charge in [-0.2, -0.15) is 0 Å². The Hall–Kier alpha value is -8.20. The van der Waals surface area contributed by atoms with E-state index >= 15 is 0 Å². The number of anilines is 5. The van der Waals surface area contributed by atoms with E-state index < -0.39 is 0 Å². The molecule has 0 atom stereocenters. The summed E-state index contributed by atoms with van der Waals surface area (Å²) in [5, 5.41) is 10.0. The Morgan fingerprint density at radius 1 is 0.368 bits per heavy atom. The van der Waals surface area contributed by atoms with Crippen LogP contribution in [0.1, 0.15) is 47.9 Å². The number of rotatable bonds is 5. The summed E-state index contributed by atoms with van der Waals surface area (Å²) in [5.74, 6) is 0. The maximum atomic E-state index is 2.55. The van der Waals surface area contributed by atoms with Crippen LogP contribution in [0.15, 0.2) is 230 Å². The minimum Gasteiger partial charge on any atom is -0.310 e. The van der Waals surface area contributed by atoms with Gasteiger partial charge in [0.15, 0.2) is 0 Å². The molecule has 2 heteroatoms. The second-order valence-electron chi connectivity index (χ2n) is 19.0. The maximum absolute atomic E-state index is 2.55. The summed E-state index contributed by atoms with van der Waals surface area (Å²) in [6, 6.07) is 71.4. The molecule has 0 saturated heterocycles. The Labute approximate surface area is 397 Å². The first-order chi connectivity index (χ1) is 33.7. The second-order valence-corrected chi connectivity index (χ2v) is 19.0. The molecule has 0 unspecified atom stereocenters. The largest absolute Gasteiger partial charge is 0.310 e. The minimum absolute atomic E-state index is 0.917. The zero-order valence-corrected chi connectivity index (χ0v) is 37.9. The van der Waals surface area contributed by atoms with E-state index in [9.17, 15) is 0 Å². The molecule has 0 amide bonds. The first-order valence-corrected chi connectivity index (χ1v) is 24.4. The fraction of sp³-hybridized carbons (Fsp3) is 0.0909. The summed E-state index contributed by atoms with van der Waals surface area (Å²) in [6.45, 7) is 0. The molecule has 2 aliphatic heterocycles. The summed E-state index contributed by atoms with van der Waals surface area (Å²) in [5.41, 5.74) is 20.8. The zero-order valence-electron chi connectivity index (χ0n) is 37.9. The summed E-state index contributed by atoms with van der Waals surface area (Å²) in [7, 11) is 0. The molecular formula is C66H48N2. The predicted octanol–water partition coefficient (Wildman–Crippen LogP) is 18.0. The van der Waals surface area contributed by atoms with Crippen LogP contribution in [0.4, 0.5) is 28.4 Å². The molecule has 2 heterocycles. The summed E-state index contributed by atoms with van der Waals surface area (Å²) in [6.07, 6.45) is 17.8. The van der Waals surface area contributed by atoms with Gasteiger partial charge in [0.1, 0.15) is 0 Å². The van der Waals surface area contributed by atoms with Crippen molar-refractivity contribution in [3.8, 4) is 22.3 Å². The average Bonchev–Trinajstić information content (AvgIpc) is 3.40. The van der Waals surface area contributed by atoms with E-state index in [4.69, 9.17) is 0 Å². The van der Waals surface area contributed by atoms with Crippen LogP contribution in [0.5, 0.6) is 0 Å². The molecule has 10 aromatic rings. The van der Waals surface area contributed by atoms with Crippen molar-refractivity contribution >= 4 is 77.1 Å². The number of para-hydroxylation sites is 3. The van der Waals surface area contributed by atoms with Crippen molar-refractivity contribution in [3.63, 3.8) is 0 Å². The van der Waals surface area contributed by atoms with Gasteiger partial charge in [0.2, 0.25) is 0 Å². The molecule has 2 aliphatic carbocycles. The van der Waals surface area contributed by atoms with Crippen molar-refractivity contribution in [3.05, 3.63) is 252 Å². The highest BCUT2D eigenvalue weighted by atomic mass is 15.2. The van der Waals surface area contributed by atoms with Gasteiger partial charge < -0.3 is 9.80 Å². The van der Waals surface area contributed by atoms with Crippen LogP contribution < -0.4 is 9.80 Å². The number of fused-ring (bicyclic) bond motifs is 7. The topological polar surface area (TPSA) is 6.48 Å². The average molecular weight is 869 g/mol. The molecule has 4 aliphatic rings. The molecule has 2 nitrogen and oxygen atoms in total. The standard InChI is InChI=1S/C66H48N2/c1-2-17-44(18-3-1)57-39-45-20-4-5-21-46(45)40-58(57)66-56-36-34-51(67-61-29-12-7-22-47(61)37-48-23-8-13-30-62(48)67)41-59(56)65(54-28-16-26-43-19-6-11-27-53(43)54)55-35-33-52(42-60(55)66)68-63-31-14-9-24-49(63)38-50-25-10-15-32-64(50)68/h1-2,4-9,11-17,19-24,26-36,39-42H,3,10,18,25,37-38H2. The second kappa shape index (κ2) is 15.7. The number of benzene rings is 10. The maximum Gasteiger partial charge on any atom is 0.0497 e. The van der Waals surface area contributed by atoms with Gasteiger partial charge in [0.05, 0.1) is 0 Å². The molecule has 0 fully saturated rings. The normalized spacial score (nSPS) is 15.1. The third-order valence-electron chi connectivity index (χ3n) is 15.1. The van der Waals surface area contributed by atoms with Gasteiger partial charge in [-0.15, -0.1) is 0 Å². The summed E-state index contributed by atoms with van der Waals surface area (Å²) >= 11 is 0. The molecule has 0 saturated carbocycles. The van der Waals surface area contributed by atoms with Gasteiger partial charge in [-0.1, -0.05) is 158 Å². The van der Waals surface area contributed by atoms with Gasteiger partial charge in [0.25, 0.3) is 0 Å². The van der Waals surface area contributed by atoms with E-state index in [1.807, 2.05) is 0 Å². The quantitative estimate of drug-likeness (QED) is 0.159. The highest BCUT2D eigenvalue weighted by molar-refractivity contribution is 6.25. The van der Waals surface area contributed by atoms with E-state index in [-0.39, 0.29) is 0 Å². The van der Waals surface area contributed by atoms with E-state index in [1.165, 1.54) is 127 Å². The van der Waals surface area contributed by atoms with Gasteiger partial charge >= 0.3 is 0 Å². The monoisotopic (exact) mass is 868 g/mol. The molecule has 322 valence electrons. The van der Waals surface area contributed by atoms with E-state index in [0.717, 1.165) is 44.2 Å². The van der Waals surface area contributed by atoms with Crippen molar-refractivity contribution in [2.75, 3.05) is 9.80 Å². The first-order valence-electron chi connectivity index (χ1n) is 24.4. The Balaban J connectivity index is 1.14. The SMILES string of the molecule is C1=CCCC(c2cc3ccccc3cc2-c2c3cc(N4C5=C(CCC=C5)Cc5ccccc54)ccc3c(-c3cccc4ccccc34)c3cc(N4c5ccccc5Cc5ccccc54)ccc23)=C1. The third kappa shape index (κ3) is 6.17. The predicted molar refractivity (Wildman–Crippen MR) is 289 cm³/mol. The Morgan fingerprint density at radius 3 is 1.62 bits per heavy atom. The molecule has 10 aromatic carbocycles. The van der Waals surface area contributed by atoms with E-state index in [1.54, 1.807) is 0 Å². The number of hydrogen-bond acceptors (Lipinski definition) is 2. The third-order valence-corrected chi connectivity index (χ3v) is 15.1. The van der Waals surface area contributed by atoms with Crippen molar-refractivity contribution in [2.24, 2.45) is 0 Å². The smallest absolute Gasteiger partial charge is 0.0497 e. The van der Waals surface area contributed by atoms with Gasteiger partial charge in [-0.05, 0) is 192 Å². The lowest BCUT2D eigenvalue weighted by Crippen LogP contribution is -2.24. The van der Waals surface area contributed by atoms with E-state index in [2.05, 4.69) is 228 Å². The van der Waals surface area contributed by atoms with E-state index in [0.29, 0.717) is 0 Å². The lowest BCUT2D eigenvalue weighted by Gasteiger charge is -2.36. The van der Waals surface area contributed by atoms with Gasteiger partial charge in [-0.25, -0.2) is 0 Å².